The van der Waals surface area contributed by atoms with Crippen LogP contribution >= 0.6 is 15.9 Å². The Balaban J connectivity index is 1.59. The van der Waals surface area contributed by atoms with Gasteiger partial charge in [0.1, 0.15) is 11.8 Å². The quantitative estimate of drug-likeness (QED) is 0.551. The minimum absolute atomic E-state index is 0.0586. The van der Waals surface area contributed by atoms with Crippen molar-refractivity contribution in [2.75, 3.05) is 13.6 Å². The van der Waals surface area contributed by atoms with E-state index in [0.29, 0.717) is 6.54 Å². The zero-order chi connectivity index (χ0) is 20.4. The molecule has 7 nitrogen and oxygen atoms in total. The highest BCUT2D eigenvalue weighted by atomic mass is 79.9. The molecule has 150 valence electrons. The number of hydrogen-bond acceptors (Lipinski definition) is 4. The monoisotopic (exact) mass is 455 g/mol. The predicted octanol–water partition coefficient (Wildman–Crippen LogP) is 3.61. The molecule has 0 saturated heterocycles. The molecular formula is C21H22BrN5O2. The van der Waals surface area contributed by atoms with Crippen molar-refractivity contribution in [2.45, 2.75) is 25.9 Å². The molecule has 0 atom stereocenters. The van der Waals surface area contributed by atoms with Gasteiger partial charge in [-0.1, -0.05) is 29.5 Å². The third-order valence-electron chi connectivity index (χ3n) is 5.16. The number of urea groups is 1. The van der Waals surface area contributed by atoms with Gasteiger partial charge in [0.05, 0.1) is 12.1 Å². The van der Waals surface area contributed by atoms with Gasteiger partial charge >= 0.3 is 6.03 Å². The molecule has 3 aromatic rings. The molecule has 0 aliphatic heterocycles. The minimum Gasteiger partial charge on any atom is -0.341 e. The average Bonchev–Trinajstić information content (AvgIpc) is 3.46. The van der Waals surface area contributed by atoms with Gasteiger partial charge in [0.25, 0.3) is 0 Å². The predicted molar refractivity (Wildman–Crippen MR) is 114 cm³/mol. The number of benzene rings is 2. The Bertz CT molecular complexity index is 1040. The third-order valence-corrected chi connectivity index (χ3v) is 5.76. The summed E-state index contributed by atoms with van der Waals surface area (Å²) in [4.78, 5) is 24.2. The fourth-order valence-corrected chi connectivity index (χ4v) is 3.89. The smallest absolute Gasteiger partial charge is 0.317 e. The molecule has 0 unspecified atom stereocenters. The normalized spacial score (nSPS) is 13.4. The van der Waals surface area contributed by atoms with E-state index >= 15 is 0 Å². The van der Waals surface area contributed by atoms with Crippen LogP contribution in [0.3, 0.4) is 0 Å². The number of rotatable bonds is 7. The van der Waals surface area contributed by atoms with Crippen LogP contribution in [0.1, 0.15) is 18.4 Å². The summed E-state index contributed by atoms with van der Waals surface area (Å²) in [5, 5.41) is 11.2. The zero-order valence-corrected chi connectivity index (χ0v) is 17.7. The van der Waals surface area contributed by atoms with Crippen LogP contribution < -0.4 is 5.32 Å². The largest absolute Gasteiger partial charge is 0.341 e. The fraction of sp³-hybridized carbons (Fsp3) is 0.333. The molecule has 1 saturated carbocycles. The molecule has 1 heterocycles. The molecule has 1 N–H and O–H groups in total. The Morgan fingerprint density at radius 1 is 1.28 bits per heavy atom. The van der Waals surface area contributed by atoms with Crippen LogP contribution in [0.2, 0.25) is 0 Å². The van der Waals surface area contributed by atoms with E-state index in [0.717, 1.165) is 50.9 Å². The first-order chi connectivity index (χ1) is 14.1. The number of halogens is 1. The molecule has 0 bridgehead atoms. The maximum atomic E-state index is 11.9. The van der Waals surface area contributed by atoms with E-state index in [1.165, 1.54) is 17.7 Å². The second-order valence-corrected chi connectivity index (χ2v) is 8.19. The number of nitrogens with one attached hydrogen (secondary N) is 1. The highest BCUT2D eigenvalue weighted by Gasteiger charge is 2.23. The Kier molecular flexibility index (Phi) is 5.62. The lowest BCUT2D eigenvalue weighted by Gasteiger charge is -2.19. The van der Waals surface area contributed by atoms with Crippen LogP contribution in [-0.2, 0) is 17.9 Å². The third kappa shape index (κ3) is 4.32. The van der Waals surface area contributed by atoms with Crippen molar-refractivity contribution in [3.63, 3.8) is 0 Å². The van der Waals surface area contributed by atoms with Crippen LogP contribution in [0, 0.1) is 5.92 Å². The van der Waals surface area contributed by atoms with Gasteiger partial charge in [0.15, 0.2) is 0 Å². The van der Waals surface area contributed by atoms with Gasteiger partial charge in [-0.2, -0.15) is 0 Å². The van der Waals surface area contributed by atoms with Crippen LogP contribution in [-0.4, -0.2) is 45.8 Å². The lowest BCUT2D eigenvalue weighted by atomic mass is 10.0. The summed E-state index contributed by atoms with van der Waals surface area (Å²) in [6, 6.07) is 11.9. The maximum absolute atomic E-state index is 11.9. The summed E-state index contributed by atoms with van der Waals surface area (Å²) < 4.78 is 2.92. The molecule has 1 aliphatic carbocycles. The van der Waals surface area contributed by atoms with Crippen LogP contribution in [0.5, 0.6) is 0 Å². The molecule has 0 radical (unpaired) electrons. The molecule has 1 aliphatic rings. The topological polar surface area (TPSA) is 80.1 Å². The van der Waals surface area contributed by atoms with E-state index in [1.54, 1.807) is 7.05 Å². The molecule has 4 rings (SSSR count). The van der Waals surface area contributed by atoms with Gasteiger partial charge in [-0.3, -0.25) is 0 Å². The number of carbonyl (C=O) groups is 2. The lowest BCUT2D eigenvalue weighted by Crippen LogP contribution is -2.38. The van der Waals surface area contributed by atoms with Crippen molar-refractivity contribution in [3.8, 4) is 11.1 Å². The molecule has 2 amide bonds. The van der Waals surface area contributed by atoms with Crippen LogP contribution in [0.4, 0.5) is 4.79 Å². The lowest BCUT2D eigenvalue weighted by molar-refractivity contribution is -0.108. The molecular weight excluding hydrogens is 434 g/mol. The summed E-state index contributed by atoms with van der Waals surface area (Å²) >= 11 is 3.63. The Hall–Kier alpha value is -2.74. The van der Waals surface area contributed by atoms with Crippen molar-refractivity contribution < 1.29 is 9.59 Å². The first-order valence-electron chi connectivity index (χ1n) is 9.61. The van der Waals surface area contributed by atoms with Gasteiger partial charge < -0.3 is 15.0 Å². The Labute approximate surface area is 177 Å². The second-order valence-electron chi connectivity index (χ2n) is 7.34. The number of carbonyl (C=O) groups excluding carboxylic acids is 2. The highest BCUT2D eigenvalue weighted by Crippen LogP contribution is 2.34. The van der Waals surface area contributed by atoms with Gasteiger partial charge in [0.2, 0.25) is 0 Å². The Morgan fingerprint density at radius 2 is 2.03 bits per heavy atom. The number of aromatic nitrogens is 3. The number of nitrogens with zero attached hydrogens (tertiary/aromatic N) is 4. The Morgan fingerprint density at radius 3 is 2.69 bits per heavy atom. The van der Waals surface area contributed by atoms with E-state index in [-0.39, 0.29) is 12.6 Å². The average molecular weight is 456 g/mol. The summed E-state index contributed by atoms with van der Waals surface area (Å²) in [6.45, 7) is 1.35. The molecule has 1 aromatic heterocycles. The summed E-state index contributed by atoms with van der Waals surface area (Å²) in [6.07, 6.45) is 3.26. The van der Waals surface area contributed by atoms with E-state index in [9.17, 15) is 9.59 Å². The van der Waals surface area contributed by atoms with Gasteiger partial charge in [0, 0.05) is 24.6 Å². The van der Waals surface area contributed by atoms with Crippen LogP contribution in [0.15, 0.2) is 40.9 Å². The fourth-order valence-electron chi connectivity index (χ4n) is 3.36. The number of amides is 2. The molecule has 8 heteroatoms. The van der Waals surface area contributed by atoms with Crippen molar-refractivity contribution >= 4 is 39.3 Å². The first kappa shape index (κ1) is 19.6. The SMILES string of the molecule is CNC(=O)N(CC=O)Cc1ccc(-c2cc(Br)c3nnn(CC4CC4)c3c2)cc1. The number of aldehydes is 1. The van der Waals surface area contributed by atoms with Gasteiger partial charge in [-0.25, -0.2) is 9.48 Å². The van der Waals surface area contributed by atoms with Gasteiger partial charge in [-0.05, 0) is 63.5 Å². The summed E-state index contributed by atoms with van der Waals surface area (Å²) in [5.41, 5.74) is 5.01. The highest BCUT2D eigenvalue weighted by molar-refractivity contribution is 9.10. The molecule has 0 spiro atoms. The number of hydrogen-bond donors (Lipinski definition) is 1. The van der Waals surface area contributed by atoms with Crippen molar-refractivity contribution in [1.29, 1.82) is 0 Å². The molecule has 29 heavy (non-hydrogen) atoms. The van der Waals surface area contributed by atoms with Crippen molar-refractivity contribution in [3.05, 3.63) is 46.4 Å². The minimum atomic E-state index is -0.271. The van der Waals surface area contributed by atoms with Crippen LogP contribution in [0.25, 0.3) is 22.2 Å². The summed E-state index contributed by atoms with van der Waals surface area (Å²) in [5.74, 6) is 0.719. The van der Waals surface area contributed by atoms with Crippen molar-refractivity contribution in [1.82, 2.24) is 25.2 Å². The maximum Gasteiger partial charge on any atom is 0.317 e. The van der Waals surface area contributed by atoms with E-state index in [2.05, 4.69) is 43.7 Å². The van der Waals surface area contributed by atoms with Gasteiger partial charge in [-0.15, -0.1) is 5.10 Å². The number of fused-ring (bicyclic) bond motifs is 1. The summed E-state index contributed by atoms with van der Waals surface area (Å²) in [7, 11) is 1.56. The molecule has 2 aromatic carbocycles. The van der Waals surface area contributed by atoms with E-state index in [4.69, 9.17) is 0 Å². The standard InChI is InChI=1S/C21H22BrN5O2/c1-23-21(29)26(8-9-28)12-14-4-6-16(7-5-14)17-10-18(22)20-19(11-17)27(25-24-20)13-15-2-3-15/h4-7,9-11,15H,2-3,8,12-13H2,1H3,(H,23,29). The van der Waals surface area contributed by atoms with E-state index in [1.807, 2.05) is 28.9 Å². The van der Waals surface area contributed by atoms with E-state index < -0.39 is 0 Å². The second kappa shape index (κ2) is 8.32. The molecule has 1 fully saturated rings. The first-order valence-corrected chi connectivity index (χ1v) is 10.4. The van der Waals surface area contributed by atoms with Crippen molar-refractivity contribution in [2.24, 2.45) is 5.92 Å². The zero-order valence-electron chi connectivity index (χ0n) is 16.1.